The van der Waals surface area contributed by atoms with Crippen molar-refractivity contribution in [3.05, 3.63) is 12.7 Å². The highest BCUT2D eigenvalue weighted by atomic mass is 31.2. The number of hydrogen-bond acceptors (Lipinski definition) is 4. The average molecular weight is 251 g/mol. The van der Waals surface area contributed by atoms with Crippen molar-refractivity contribution in [1.82, 2.24) is 5.32 Å². The Hall–Kier alpha value is -0.230. The molecule has 0 aromatic heterocycles. The Morgan fingerprint density at radius 3 is 2.81 bits per heavy atom. The SMILES string of the molecule is C=C[C@]1([C@H](C)OP(=O)(O)O)OCC[C@@H]1NC. The predicted octanol–water partition coefficient (Wildman–Crippen LogP) is 0.417. The van der Waals surface area contributed by atoms with Crippen LogP contribution in [0.4, 0.5) is 0 Å². The lowest BCUT2D eigenvalue weighted by Gasteiger charge is -2.36. The molecule has 1 saturated heterocycles. The first-order valence-electron chi connectivity index (χ1n) is 5.04. The molecule has 0 aromatic rings. The fourth-order valence-corrected chi connectivity index (χ4v) is 2.68. The molecule has 0 aromatic carbocycles. The summed E-state index contributed by atoms with van der Waals surface area (Å²) in [5, 5.41) is 3.04. The van der Waals surface area contributed by atoms with Crippen LogP contribution in [0.5, 0.6) is 0 Å². The number of rotatable bonds is 5. The first-order valence-corrected chi connectivity index (χ1v) is 6.57. The van der Waals surface area contributed by atoms with Gasteiger partial charge in [-0.3, -0.25) is 4.52 Å². The van der Waals surface area contributed by atoms with Crippen molar-refractivity contribution in [3.63, 3.8) is 0 Å². The number of hydrogen-bond donors (Lipinski definition) is 3. The number of nitrogens with one attached hydrogen (secondary N) is 1. The first-order chi connectivity index (χ1) is 7.35. The maximum atomic E-state index is 10.8. The second-order valence-electron chi connectivity index (χ2n) is 3.77. The van der Waals surface area contributed by atoms with Crippen LogP contribution in [0.1, 0.15) is 13.3 Å². The van der Waals surface area contributed by atoms with E-state index in [9.17, 15) is 4.57 Å². The highest BCUT2D eigenvalue weighted by Crippen LogP contribution is 2.43. The van der Waals surface area contributed by atoms with Crippen molar-refractivity contribution >= 4 is 7.82 Å². The summed E-state index contributed by atoms with van der Waals surface area (Å²) in [6.45, 7) is 5.74. The predicted molar refractivity (Wildman–Crippen MR) is 58.9 cm³/mol. The van der Waals surface area contributed by atoms with Gasteiger partial charge in [0, 0.05) is 12.6 Å². The molecule has 7 heteroatoms. The van der Waals surface area contributed by atoms with E-state index in [2.05, 4.69) is 16.4 Å². The zero-order chi connectivity index (χ0) is 12.4. The van der Waals surface area contributed by atoms with Crippen molar-refractivity contribution in [2.45, 2.75) is 31.1 Å². The van der Waals surface area contributed by atoms with Crippen LogP contribution in [0.2, 0.25) is 0 Å². The Morgan fingerprint density at radius 2 is 2.38 bits per heavy atom. The van der Waals surface area contributed by atoms with Crippen LogP contribution in [0, 0.1) is 0 Å². The van der Waals surface area contributed by atoms with Crippen LogP contribution in [-0.2, 0) is 13.8 Å². The molecule has 0 spiro atoms. The topological polar surface area (TPSA) is 88.0 Å². The third-order valence-electron chi connectivity index (χ3n) is 2.90. The molecule has 3 atom stereocenters. The molecule has 94 valence electrons. The summed E-state index contributed by atoms with van der Waals surface area (Å²) in [5.41, 5.74) is -0.893. The van der Waals surface area contributed by atoms with Crippen LogP contribution in [0.15, 0.2) is 12.7 Å². The average Bonchev–Trinajstić information content (AvgIpc) is 2.58. The van der Waals surface area contributed by atoms with E-state index in [0.29, 0.717) is 6.61 Å². The summed E-state index contributed by atoms with van der Waals surface area (Å²) in [6.07, 6.45) is 1.52. The molecule has 3 N–H and O–H groups in total. The zero-order valence-electron chi connectivity index (χ0n) is 9.42. The lowest BCUT2D eigenvalue weighted by atomic mass is 9.89. The quantitative estimate of drug-likeness (QED) is 0.484. The van der Waals surface area contributed by atoms with Gasteiger partial charge in [0.15, 0.2) is 0 Å². The Bertz CT molecular complexity index is 304. The van der Waals surface area contributed by atoms with E-state index >= 15 is 0 Å². The second kappa shape index (κ2) is 4.96. The van der Waals surface area contributed by atoms with E-state index in [0.717, 1.165) is 6.42 Å². The molecule has 0 radical (unpaired) electrons. The van der Waals surface area contributed by atoms with E-state index in [-0.39, 0.29) is 6.04 Å². The van der Waals surface area contributed by atoms with Gasteiger partial charge in [0.2, 0.25) is 0 Å². The van der Waals surface area contributed by atoms with Gasteiger partial charge < -0.3 is 19.8 Å². The fraction of sp³-hybridized carbons (Fsp3) is 0.778. The summed E-state index contributed by atoms with van der Waals surface area (Å²) < 4.78 is 21.0. The fourth-order valence-electron chi connectivity index (χ4n) is 2.11. The largest absolute Gasteiger partial charge is 0.469 e. The highest BCUT2D eigenvalue weighted by Gasteiger charge is 2.48. The number of likely N-dealkylation sites (N-methyl/N-ethyl adjacent to an activating group) is 1. The van der Waals surface area contributed by atoms with Crippen LogP contribution >= 0.6 is 7.82 Å². The van der Waals surface area contributed by atoms with Crippen LogP contribution in [0.25, 0.3) is 0 Å². The van der Waals surface area contributed by atoms with Crippen LogP contribution in [-0.4, -0.2) is 41.2 Å². The molecule has 1 fully saturated rings. The van der Waals surface area contributed by atoms with Crippen molar-refractivity contribution in [2.75, 3.05) is 13.7 Å². The van der Waals surface area contributed by atoms with Crippen LogP contribution in [0.3, 0.4) is 0 Å². The molecule has 1 rings (SSSR count). The summed E-state index contributed by atoms with van der Waals surface area (Å²) in [7, 11) is -2.76. The van der Waals surface area contributed by atoms with E-state index in [1.807, 2.05) is 0 Å². The highest BCUT2D eigenvalue weighted by molar-refractivity contribution is 7.46. The molecule has 0 bridgehead atoms. The Kier molecular flexibility index (Phi) is 4.29. The summed E-state index contributed by atoms with van der Waals surface area (Å²) >= 11 is 0. The summed E-state index contributed by atoms with van der Waals surface area (Å²) in [5.74, 6) is 0. The monoisotopic (exact) mass is 251 g/mol. The van der Waals surface area contributed by atoms with Crippen molar-refractivity contribution < 1.29 is 23.6 Å². The van der Waals surface area contributed by atoms with Gasteiger partial charge in [-0.25, -0.2) is 4.57 Å². The van der Waals surface area contributed by atoms with Gasteiger partial charge in [-0.2, -0.15) is 0 Å². The molecule has 0 saturated carbocycles. The molecule has 1 heterocycles. The van der Waals surface area contributed by atoms with Gasteiger partial charge in [0.1, 0.15) is 11.7 Å². The standard InChI is InChI=1S/C9H18NO5P/c1-4-9(7(2)15-16(11,12)13)8(10-3)5-6-14-9/h4,7-8,10H,1,5-6H2,2-3H3,(H2,11,12,13)/t7-,8-,9+/m0/s1. The Labute approximate surface area is 94.9 Å². The van der Waals surface area contributed by atoms with Crippen molar-refractivity contribution in [1.29, 1.82) is 0 Å². The minimum atomic E-state index is -4.52. The minimum Gasteiger partial charge on any atom is -0.366 e. The Morgan fingerprint density at radius 1 is 1.75 bits per heavy atom. The van der Waals surface area contributed by atoms with Crippen LogP contribution < -0.4 is 5.32 Å². The first kappa shape index (κ1) is 13.8. The maximum absolute atomic E-state index is 10.8. The molecule has 16 heavy (non-hydrogen) atoms. The van der Waals surface area contributed by atoms with Gasteiger partial charge in [-0.15, -0.1) is 6.58 Å². The Balaban J connectivity index is 2.87. The molecular weight excluding hydrogens is 233 g/mol. The number of phosphoric ester groups is 1. The minimum absolute atomic E-state index is 0.0634. The third-order valence-corrected chi connectivity index (χ3v) is 3.49. The maximum Gasteiger partial charge on any atom is 0.469 e. The van der Waals surface area contributed by atoms with Gasteiger partial charge in [-0.05, 0) is 20.4 Å². The second-order valence-corrected chi connectivity index (χ2v) is 4.97. The van der Waals surface area contributed by atoms with Gasteiger partial charge >= 0.3 is 7.82 Å². The third kappa shape index (κ3) is 2.71. The van der Waals surface area contributed by atoms with E-state index in [4.69, 9.17) is 14.5 Å². The zero-order valence-corrected chi connectivity index (χ0v) is 10.3. The van der Waals surface area contributed by atoms with E-state index in [1.54, 1.807) is 20.0 Å². The molecule has 0 aliphatic carbocycles. The smallest absolute Gasteiger partial charge is 0.366 e. The normalized spacial score (nSPS) is 32.6. The van der Waals surface area contributed by atoms with Crippen molar-refractivity contribution in [3.8, 4) is 0 Å². The molecule has 1 aliphatic rings. The van der Waals surface area contributed by atoms with E-state index in [1.165, 1.54) is 0 Å². The molecule has 1 aliphatic heterocycles. The summed E-state index contributed by atoms with van der Waals surface area (Å²) in [4.78, 5) is 17.6. The molecule has 0 amide bonds. The lowest BCUT2D eigenvalue weighted by Crippen LogP contribution is -2.52. The lowest BCUT2D eigenvalue weighted by molar-refractivity contribution is -0.0562. The number of ether oxygens (including phenoxy) is 1. The van der Waals surface area contributed by atoms with Crippen molar-refractivity contribution in [2.24, 2.45) is 0 Å². The molecule has 0 unspecified atom stereocenters. The van der Waals surface area contributed by atoms with Gasteiger partial charge in [0.25, 0.3) is 0 Å². The summed E-state index contributed by atoms with van der Waals surface area (Å²) in [6, 6.07) is -0.0634. The molecular formula is C9H18NO5P. The van der Waals surface area contributed by atoms with Gasteiger partial charge in [-0.1, -0.05) is 6.08 Å². The van der Waals surface area contributed by atoms with Gasteiger partial charge in [0.05, 0.1) is 0 Å². The number of phosphoric acid groups is 1. The molecule has 6 nitrogen and oxygen atoms in total. The van der Waals surface area contributed by atoms with E-state index < -0.39 is 19.5 Å².